The molecule has 8 heteroatoms. The Bertz CT molecular complexity index is 759. The Labute approximate surface area is 177 Å². The van der Waals surface area contributed by atoms with Gasteiger partial charge in [-0.3, -0.25) is 0 Å². The molecule has 0 aliphatic rings. The van der Waals surface area contributed by atoms with Crippen LogP contribution in [0.4, 0.5) is 5.69 Å². The zero-order valence-corrected chi connectivity index (χ0v) is 18.6. The van der Waals surface area contributed by atoms with Crippen molar-refractivity contribution in [2.45, 2.75) is 32.9 Å². The number of nitrogens with zero attached hydrogens (tertiary/aromatic N) is 2. The summed E-state index contributed by atoms with van der Waals surface area (Å²) in [6.45, 7) is 6.33. The molecule has 1 heterocycles. The number of nitrogens with one attached hydrogen (secondary N) is 1. The Hall–Kier alpha value is -2.23. The van der Waals surface area contributed by atoms with Crippen molar-refractivity contribution in [2.24, 2.45) is 10.7 Å². The number of pyridine rings is 1. The minimum absolute atomic E-state index is 0. The second kappa shape index (κ2) is 10.2. The van der Waals surface area contributed by atoms with E-state index in [4.69, 9.17) is 19.9 Å². The summed E-state index contributed by atoms with van der Waals surface area (Å²) in [7, 11) is 3.19. The van der Waals surface area contributed by atoms with Gasteiger partial charge in [0.2, 0.25) is 5.88 Å². The first-order valence-corrected chi connectivity index (χ1v) is 8.23. The van der Waals surface area contributed by atoms with E-state index in [9.17, 15) is 0 Å². The molecular formula is C19H27IN4O3. The fourth-order valence-electron chi connectivity index (χ4n) is 2.14. The predicted molar refractivity (Wildman–Crippen MR) is 119 cm³/mol. The van der Waals surface area contributed by atoms with Crippen molar-refractivity contribution in [1.29, 1.82) is 0 Å². The molecule has 0 fully saturated rings. The van der Waals surface area contributed by atoms with Gasteiger partial charge in [0.05, 0.1) is 26.5 Å². The minimum atomic E-state index is -0.281. The third-order valence-electron chi connectivity index (χ3n) is 3.31. The lowest BCUT2D eigenvalue weighted by Crippen LogP contribution is -2.23. The molecular weight excluding hydrogens is 459 g/mol. The third-order valence-corrected chi connectivity index (χ3v) is 3.31. The summed E-state index contributed by atoms with van der Waals surface area (Å²) in [6, 6.07) is 9.14. The number of halogens is 1. The quantitative estimate of drug-likeness (QED) is 0.367. The number of anilines is 1. The predicted octanol–water partition coefficient (Wildman–Crippen LogP) is 3.82. The van der Waals surface area contributed by atoms with Gasteiger partial charge in [-0.05, 0) is 38.5 Å². The highest BCUT2D eigenvalue weighted by atomic mass is 127. The van der Waals surface area contributed by atoms with Crippen molar-refractivity contribution in [3.8, 4) is 17.4 Å². The minimum Gasteiger partial charge on any atom is -0.497 e. The fraction of sp³-hybridized carbons (Fsp3) is 0.368. The van der Waals surface area contributed by atoms with Crippen LogP contribution in [0.1, 0.15) is 26.3 Å². The molecule has 148 valence electrons. The fourth-order valence-corrected chi connectivity index (χ4v) is 2.14. The topological polar surface area (TPSA) is 91.0 Å². The van der Waals surface area contributed by atoms with Gasteiger partial charge >= 0.3 is 0 Å². The van der Waals surface area contributed by atoms with E-state index >= 15 is 0 Å². The number of hydrogen-bond acceptors (Lipinski definition) is 5. The summed E-state index contributed by atoms with van der Waals surface area (Å²) in [6.07, 6.45) is 1.73. The van der Waals surface area contributed by atoms with Crippen LogP contribution in [0.2, 0.25) is 0 Å². The molecule has 0 unspecified atom stereocenters. The van der Waals surface area contributed by atoms with Crippen LogP contribution in [-0.4, -0.2) is 30.8 Å². The van der Waals surface area contributed by atoms with E-state index in [-0.39, 0.29) is 35.5 Å². The molecule has 2 aromatic rings. The first-order valence-electron chi connectivity index (χ1n) is 8.23. The summed E-state index contributed by atoms with van der Waals surface area (Å²) in [4.78, 5) is 8.62. The molecule has 1 aromatic carbocycles. The van der Waals surface area contributed by atoms with E-state index in [1.54, 1.807) is 32.5 Å². The highest BCUT2D eigenvalue weighted by molar-refractivity contribution is 14.0. The maximum absolute atomic E-state index is 5.98. The number of ether oxygens (including phenoxy) is 3. The Balaban J connectivity index is 0.00000364. The molecule has 0 atom stereocenters. The summed E-state index contributed by atoms with van der Waals surface area (Å²) >= 11 is 0. The maximum atomic E-state index is 5.98. The molecule has 2 rings (SSSR count). The maximum Gasteiger partial charge on any atom is 0.213 e. The average Bonchev–Trinajstić information content (AvgIpc) is 2.59. The van der Waals surface area contributed by atoms with Gasteiger partial charge in [-0.2, -0.15) is 0 Å². The summed E-state index contributed by atoms with van der Waals surface area (Å²) in [5, 5.41) is 3.03. The molecule has 0 aliphatic heterocycles. The number of nitrogens with two attached hydrogens (primary N) is 1. The van der Waals surface area contributed by atoms with Crippen molar-refractivity contribution in [2.75, 3.05) is 19.5 Å². The van der Waals surface area contributed by atoms with E-state index in [1.165, 1.54) is 0 Å². The lowest BCUT2D eigenvalue weighted by atomic mass is 10.2. The Morgan fingerprint density at radius 3 is 2.44 bits per heavy atom. The van der Waals surface area contributed by atoms with Crippen molar-refractivity contribution < 1.29 is 14.2 Å². The smallest absolute Gasteiger partial charge is 0.213 e. The van der Waals surface area contributed by atoms with Crippen LogP contribution in [-0.2, 0) is 6.54 Å². The lowest BCUT2D eigenvalue weighted by Gasteiger charge is -2.20. The van der Waals surface area contributed by atoms with Gasteiger partial charge in [-0.1, -0.05) is 6.07 Å². The van der Waals surface area contributed by atoms with Crippen LogP contribution in [0.3, 0.4) is 0 Å². The number of benzene rings is 1. The first kappa shape index (κ1) is 22.8. The second-order valence-electron chi connectivity index (χ2n) is 6.61. The SMILES string of the molecule is COc1ccc(OC)c(NC(N)=NCc2ccc(OC(C)(C)C)nc2)c1.I. The molecule has 27 heavy (non-hydrogen) atoms. The largest absolute Gasteiger partial charge is 0.497 e. The van der Waals surface area contributed by atoms with Gasteiger partial charge in [0.25, 0.3) is 0 Å². The summed E-state index contributed by atoms with van der Waals surface area (Å²) in [5.74, 6) is 2.19. The van der Waals surface area contributed by atoms with Gasteiger partial charge in [-0.25, -0.2) is 9.98 Å². The first-order chi connectivity index (χ1) is 12.3. The molecule has 0 aliphatic carbocycles. The van der Waals surface area contributed by atoms with Crippen molar-refractivity contribution in [1.82, 2.24) is 4.98 Å². The standard InChI is InChI=1S/C19H26N4O3.HI/c1-19(2,3)26-17-9-6-13(11-21-17)12-22-18(20)23-15-10-14(24-4)7-8-16(15)25-5;/h6-11H,12H2,1-5H3,(H3,20,22,23);1H. The van der Waals surface area contributed by atoms with E-state index in [2.05, 4.69) is 15.3 Å². The highest BCUT2D eigenvalue weighted by Crippen LogP contribution is 2.28. The van der Waals surface area contributed by atoms with Gasteiger partial charge in [0.15, 0.2) is 5.96 Å². The van der Waals surface area contributed by atoms with E-state index < -0.39 is 0 Å². The molecule has 0 amide bonds. The van der Waals surface area contributed by atoms with Crippen LogP contribution in [0.15, 0.2) is 41.5 Å². The number of aliphatic imine (C=N–C) groups is 1. The van der Waals surface area contributed by atoms with Crippen molar-refractivity contribution in [3.05, 3.63) is 42.1 Å². The second-order valence-corrected chi connectivity index (χ2v) is 6.61. The number of aromatic nitrogens is 1. The van der Waals surface area contributed by atoms with Crippen LogP contribution >= 0.6 is 24.0 Å². The molecule has 0 radical (unpaired) electrons. The van der Waals surface area contributed by atoms with Crippen molar-refractivity contribution in [3.63, 3.8) is 0 Å². The van der Waals surface area contributed by atoms with Crippen LogP contribution in [0, 0.1) is 0 Å². The van der Waals surface area contributed by atoms with Crippen LogP contribution in [0.25, 0.3) is 0 Å². The zero-order chi connectivity index (χ0) is 19.2. The lowest BCUT2D eigenvalue weighted by molar-refractivity contribution is 0.124. The Kier molecular flexibility index (Phi) is 8.61. The summed E-state index contributed by atoms with van der Waals surface area (Å²) in [5.41, 5.74) is 7.30. The van der Waals surface area contributed by atoms with Gasteiger partial charge < -0.3 is 25.3 Å². The van der Waals surface area contributed by atoms with E-state index in [0.29, 0.717) is 29.6 Å². The number of methoxy groups -OCH3 is 2. The van der Waals surface area contributed by atoms with Crippen LogP contribution < -0.4 is 25.3 Å². The normalized spacial score (nSPS) is 11.4. The molecule has 0 saturated carbocycles. The van der Waals surface area contributed by atoms with Crippen LogP contribution in [0.5, 0.6) is 17.4 Å². The molecule has 1 aromatic heterocycles. The number of rotatable bonds is 6. The summed E-state index contributed by atoms with van der Waals surface area (Å²) < 4.78 is 16.2. The molecule has 0 spiro atoms. The zero-order valence-electron chi connectivity index (χ0n) is 16.3. The number of hydrogen-bond donors (Lipinski definition) is 2. The Morgan fingerprint density at radius 1 is 1.15 bits per heavy atom. The third kappa shape index (κ3) is 7.49. The number of guanidine groups is 1. The molecule has 0 bridgehead atoms. The Morgan fingerprint density at radius 2 is 1.89 bits per heavy atom. The van der Waals surface area contributed by atoms with Gasteiger partial charge in [-0.15, -0.1) is 24.0 Å². The average molecular weight is 486 g/mol. The molecule has 7 nitrogen and oxygen atoms in total. The van der Waals surface area contributed by atoms with Gasteiger partial charge in [0, 0.05) is 18.3 Å². The van der Waals surface area contributed by atoms with Gasteiger partial charge in [0.1, 0.15) is 17.1 Å². The van der Waals surface area contributed by atoms with Crippen molar-refractivity contribution >= 4 is 35.6 Å². The monoisotopic (exact) mass is 486 g/mol. The molecule has 3 N–H and O–H groups in total. The molecule has 0 saturated heterocycles. The van der Waals surface area contributed by atoms with E-state index in [0.717, 1.165) is 5.56 Å². The highest BCUT2D eigenvalue weighted by Gasteiger charge is 2.12. The van der Waals surface area contributed by atoms with E-state index in [1.807, 2.05) is 39.0 Å².